The summed E-state index contributed by atoms with van der Waals surface area (Å²) in [5.74, 6) is 2.79. The van der Waals surface area contributed by atoms with Crippen molar-refractivity contribution in [1.29, 1.82) is 0 Å². The number of methoxy groups -OCH3 is 1. The van der Waals surface area contributed by atoms with Crippen LogP contribution in [0.2, 0.25) is 0 Å². The molecule has 1 aromatic carbocycles. The molecule has 1 spiro atoms. The maximum absolute atomic E-state index is 6.55. The molecule has 1 saturated heterocycles. The summed E-state index contributed by atoms with van der Waals surface area (Å²) in [5.41, 5.74) is 1.25. The third kappa shape index (κ3) is 3.98. The zero-order valence-electron chi connectivity index (χ0n) is 17.1. The SMILES string of the molecule is COCc1noc(COc2ccc3c(c2)CCC2(CCN(C4CCC4)CC2)O3)n1. The van der Waals surface area contributed by atoms with Gasteiger partial charge in [0.1, 0.15) is 23.7 Å². The van der Waals surface area contributed by atoms with Crippen LogP contribution >= 0.6 is 0 Å². The fourth-order valence-electron chi connectivity index (χ4n) is 4.67. The quantitative estimate of drug-likeness (QED) is 0.736. The molecule has 7 heteroatoms. The van der Waals surface area contributed by atoms with Gasteiger partial charge in [0.05, 0.1) is 0 Å². The van der Waals surface area contributed by atoms with E-state index in [9.17, 15) is 0 Å². The predicted molar refractivity (Wildman–Crippen MR) is 106 cm³/mol. The lowest BCUT2D eigenvalue weighted by atomic mass is 9.81. The van der Waals surface area contributed by atoms with Crippen LogP contribution in [0.3, 0.4) is 0 Å². The van der Waals surface area contributed by atoms with Gasteiger partial charge in [0.15, 0.2) is 12.4 Å². The predicted octanol–water partition coefficient (Wildman–Crippen LogP) is 3.51. The van der Waals surface area contributed by atoms with Crippen LogP contribution < -0.4 is 9.47 Å². The third-order valence-corrected chi connectivity index (χ3v) is 6.65. The molecule has 0 bridgehead atoms. The van der Waals surface area contributed by atoms with Crippen molar-refractivity contribution >= 4 is 0 Å². The molecule has 3 heterocycles. The van der Waals surface area contributed by atoms with Gasteiger partial charge in [-0.15, -0.1) is 0 Å². The van der Waals surface area contributed by atoms with Gasteiger partial charge in [0, 0.05) is 26.2 Å². The molecule has 7 nitrogen and oxygen atoms in total. The Balaban J connectivity index is 1.18. The lowest BCUT2D eigenvalue weighted by Gasteiger charge is -2.48. The molecule has 2 aromatic rings. The van der Waals surface area contributed by atoms with Gasteiger partial charge in [-0.05, 0) is 62.3 Å². The molecule has 29 heavy (non-hydrogen) atoms. The van der Waals surface area contributed by atoms with Gasteiger partial charge in [-0.2, -0.15) is 4.98 Å². The first-order valence-corrected chi connectivity index (χ1v) is 10.7. The number of hydrogen-bond donors (Lipinski definition) is 0. The number of aromatic nitrogens is 2. The molecule has 3 aliphatic rings. The molecule has 1 aliphatic carbocycles. The number of benzene rings is 1. The highest BCUT2D eigenvalue weighted by Crippen LogP contribution is 2.41. The standard InChI is InChI=1S/C22H29N3O4/c1-26-14-20-23-21(29-24-20)15-27-18-5-6-19-16(13-18)7-8-22(28-19)9-11-25(12-10-22)17-3-2-4-17/h5-6,13,17H,2-4,7-12,14-15H2,1H3. The normalized spacial score (nSPS) is 21.4. The van der Waals surface area contributed by atoms with Gasteiger partial charge in [-0.3, -0.25) is 0 Å². The topological polar surface area (TPSA) is 69.9 Å². The largest absolute Gasteiger partial charge is 0.487 e. The summed E-state index contributed by atoms with van der Waals surface area (Å²) in [7, 11) is 1.60. The zero-order chi connectivity index (χ0) is 19.7. The van der Waals surface area contributed by atoms with E-state index in [-0.39, 0.29) is 12.2 Å². The minimum atomic E-state index is 0.0249. The van der Waals surface area contributed by atoms with Crippen molar-refractivity contribution in [3.63, 3.8) is 0 Å². The first-order valence-electron chi connectivity index (χ1n) is 10.7. The molecular weight excluding hydrogens is 370 g/mol. The Bertz CT molecular complexity index is 840. The van der Waals surface area contributed by atoms with Gasteiger partial charge < -0.3 is 23.6 Å². The Labute approximate surface area is 171 Å². The van der Waals surface area contributed by atoms with E-state index >= 15 is 0 Å². The lowest BCUT2D eigenvalue weighted by Crippen LogP contribution is -2.53. The molecule has 0 unspecified atom stereocenters. The maximum atomic E-state index is 6.55. The number of fused-ring (bicyclic) bond motifs is 1. The highest BCUT2D eigenvalue weighted by atomic mass is 16.5. The molecule has 156 valence electrons. The molecule has 0 atom stereocenters. The molecule has 0 N–H and O–H groups in total. The van der Waals surface area contributed by atoms with Gasteiger partial charge in [-0.1, -0.05) is 11.6 Å². The first-order chi connectivity index (χ1) is 14.2. The number of hydrogen-bond acceptors (Lipinski definition) is 7. The van der Waals surface area contributed by atoms with Crippen molar-refractivity contribution in [3.8, 4) is 11.5 Å². The summed E-state index contributed by atoms with van der Waals surface area (Å²) < 4.78 is 22.6. The van der Waals surface area contributed by atoms with Crippen molar-refractivity contribution in [2.45, 2.75) is 69.8 Å². The fourth-order valence-corrected chi connectivity index (χ4v) is 4.67. The van der Waals surface area contributed by atoms with Crippen LogP contribution in [0.4, 0.5) is 0 Å². The minimum absolute atomic E-state index is 0.0249. The van der Waals surface area contributed by atoms with Crippen LogP contribution in [0.15, 0.2) is 22.7 Å². The van der Waals surface area contributed by atoms with Gasteiger partial charge in [0.25, 0.3) is 5.89 Å². The van der Waals surface area contributed by atoms with Crippen molar-refractivity contribution in [1.82, 2.24) is 15.0 Å². The van der Waals surface area contributed by atoms with Crippen LogP contribution in [-0.4, -0.2) is 46.9 Å². The Kier molecular flexibility index (Phi) is 5.18. The lowest BCUT2D eigenvalue weighted by molar-refractivity contribution is -0.0337. The second-order valence-electron chi connectivity index (χ2n) is 8.50. The summed E-state index contributed by atoms with van der Waals surface area (Å²) >= 11 is 0. The van der Waals surface area contributed by atoms with Crippen LogP contribution in [0.5, 0.6) is 11.5 Å². The van der Waals surface area contributed by atoms with Crippen LogP contribution in [0.1, 0.15) is 55.8 Å². The zero-order valence-corrected chi connectivity index (χ0v) is 17.1. The van der Waals surface area contributed by atoms with Crippen molar-refractivity contribution < 1.29 is 18.7 Å². The third-order valence-electron chi connectivity index (χ3n) is 6.65. The molecule has 5 rings (SSSR count). The summed E-state index contributed by atoms with van der Waals surface area (Å²) in [6, 6.07) is 6.94. The van der Waals surface area contributed by atoms with E-state index in [0.717, 1.165) is 43.2 Å². The molecule has 0 radical (unpaired) electrons. The summed E-state index contributed by atoms with van der Waals surface area (Å²) in [5, 5.41) is 3.85. The number of piperidine rings is 1. The Morgan fingerprint density at radius 1 is 1.17 bits per heavy atom. The van der Waals surface area contributed by atoms with Crippen molar-refractivity contribution in [3.05, 3.63) is 35.5 Å². The smallest absolute Gasteiger partial charge is 0.264 e. The number of likely N-dealkylation sites (tertiary alicyclic amines) is 1. The van der Waals surface area contributed by atoms with Crippen LogP contribution in [0, 0.1) is 0 Å². The molecule has 1 saturated carbocycles. The van der Waals surface area contributed by atoms with Gasteiger partial charge in [0.2, 0.25) is 0 Å². The maximum Gasteiger partial charge on any atom is 0.264 e. The van der Waals surface area contributed by atoms with E-state index in [4.69, 9.17) is 18.7 Å². The first kappa shape index (κ1) is 18.9. The van der Waals surface area contributed by atoms with E-state index in [0.29, 0.717) is 18.3 Å². The number of ether oxygens (including phenoxy) is 3. The molecule has 2 aliphatic heterocycles. The summed E-state index contributed by atoms with van der Waals surface area (Å²) in [4.78, 5) is 6.91. The van der Waals surface area contributed by atoms with Crippen molar-refractivity contribution in [2.75, 3.05) is 20.2 Å². The highest BCUT2D eigenvalue weighted by Gasteiger charge is 2.41. The van der Waals surface area contributed by atoms with E-state index in [2.05, 4.69) is 21.1 Å². The molecule has 2 fully saturated rings. The number of rotatable bonds is 6. The van der Waals surface area contributed by atoms with Crippen molar-refractivity contribution in [2.24, 2.45) is 0 Å². The average molecular weight is 399 g/mol. The fraction of sp³-hybridized carbons (Fsp3) is 0.636. The second-order valence-corrected chi connectivity index (χ2v) is 8.50. The number of nitrogens with zero attached hydrogens (tertiary/aromatic N) is 3. The Morgan fingerprint density at radius 2 is 2.03 bits per heavy atom. The monoisotopic (exact) mass is 399 g/mol. The minimum Gasteiger partial charge on any atom is -0.487 e. The number of aryl methyl sites for hydroxylation is 1. The van der Waals surface area contributed by atoms with Crippen LogP contribution in [-0.2, 0) is 24.4 Å². The molecular formula is C22H29N3O4. The van der Waals surface area contributed by atoms with Gasteiger partial charge in [-0.25, -0.2) is 0 Å². The molecule has 0 amide bonds. The second kappa shape index (κ2) is 7.95. The van der Waals surface area contributed by atoms with E-state index in [1.54, 1.807) is 7.11 Å². The highest BCUT2D eigenvalue weighted by molar-refractivity contribution is 5.42. The van der Waals surface area contributed by atoms with E-state index < -0.39 is 0 Å². The molecule has 1 aromatic heterocycles. The Hall–Kier alpha value is -2.12. The van der Waals surface area contributed by atoms with E-state index in [1.807, 2.05) is 12.1 Å². The van der Waals surface area contributed by atoms with Gasteiger partial charge >= 0.3 is 0 Å². The summed E-state index contributed by atoms with van der Waals surface area (Å²) in [6.45, 7) is 2.93. The Morgan fingerprint density at radius 3 is 2.79 bits per heavy atom. The van der Waals surface area contributed by atoms with E-state index in [1.165, 1.54) is 37.9 Å². The average Bonchev–Trinajstić information content (AvgIpc) is 3.15. The summed E-state index contributed by atoms with van der Waals surface area (Å²) in [6.07, 6.45) is 8.58. The van der Waals surface area contributed by atoms with Crippen LogP contribution in [0.25, 0.3) is 0 Å².